The Morgan fingerprint density at radius 3 is 1.79 bits per heavy atom. The zero-order chi connectivity index (χ0) is 19.8. The maximum absolute atomic E-state index is 13.5. The summed E-state index contributed by atoms with van der Waals surface area (Å²) in [5, 5.41) is 0. The summed E-state index contributed by atoms with van der Waals surface area (Å²) in [6, 6.07) is 28.7. The first-order valence-electron chi connectivity index (χ1n) is 9.55. The summed E-state index contributed by atoms with van der Waals surface area (Å²) < 4.78 is 5.22. The van der Waals surface area contributed by atoms with Gasteiger partial charge in [0.1, 0.15) is 0 Å². The van der Waals surface area contributed by atoms with Crippen molar-refractivity contribution < 1.29 is 14.3 Å². The van der Waals surface area contributed by atoms with Gasteiger partial charge in [0.15, 0.2) is 5.78 Å². The second-order valence-corrected chi connectivity index (χ2v) is 6.64. The largest absolute Gasteiger partial charge is 0.466 e. The van der Waals surface area contributed by atoms with Crippen molar-refractivity contribution in [1.29, 1.82) is 0 Å². The molecule has 142 valence electrons. The highest BCUT2D eigenvalue weighted by molar-refractivity contribution is 6.02. The molecule has 3 aromatic rings. The first kappa shape index (κ1) is 19.6. The quantitative estimate of drug-likeness (QED) is 0.393. The molecule has 0 bridgehead atoms. The molecule has 0 aromatic heterocycles. The molecule has 0 aliphatic heterocycles. The van der Waals surface area contributed by atoms with E-state index in [9.17, 15) is 9.59 Å². The van der Waals surface area contributed by atoms with Gasteiger partial charge in [0.05, 0.1) is 18.9 Å². The summed E-state index contributed by atoms with van der Waals surface area (Å²) in [6.07, 6.45) is 0.149. The minimum atomic E-state index is -0.476. The van der Waals surface area contributed by atoms with Gasteiger partial charge in [-0.1, -0.05) is 91.0 Å². The molecule has 2 unspecified atom stereocenters. The van der Waals surface area contributed by atoms with Crippen LogP contribution in [0.4, 0.5) is 0 Å². The number of ether oxygens (including phenoxy) is 1. The van der Waals surface area contributed by atoms with Gasteiger partial charge < -0.3 is 4.74 Å². The van der Waals surface area contributed by atoms with Crippen LogP contribution < -0.4 is 0 Å². The van der Waals surface area contributed by atoms with E-state index in [1.165, 1.54) is 0 Å². The smallest absolute Gasteiger partial charge is 0.306 e. The van der Waals surface area contributed by atoms with E-state index >= 15 is 0 Å². The lowest BCUT2D eigenvalue weighted by Crippen LogP contribution is -2.24. The zero-order valence-corrected chi connectivity index (χ0v) is 16.0. The van der Waals surface area contributed by atoms with E-state index in [0.29, 0.717) is 12.2 Å². The van der Waals surface area contributed by atoms with E-state index < -0.39 is 5.92 Å². The van der Waals surface area contributed by atoms with Crippen molar-refractivity contribution in [3.05, 3.63) is 108 Å². The van der Waals surface area contributed by atoms with E-state index in [1.54, 1.807) is 6.92 Å². The van der Waals surface area contributed by atoms with Crippen LogP contribution in [0, 0.1) is 0 Å². The fourth-order valence-electron chi connectivity index (χ4n) is 3.54. The van der Waals surface area contributed by atoms with Crippen LogP contribution in [0.3, 0.4) is 0 Å². The highest BCUT2D eigenvalue weighted by Crippen LogP contribution is 2.38. The van der Waals surface area contributed by atoms with E-state index in [4.69, 9.17) is 4.74 Å². The summed E-state index contributed by atoms with van der Waals surface area (Å²) in [6.45, 7) is 2.11. The fraction of sp³-hybridized carbons (Fsp3) is 0.200. The van der Waals surface area contributed by atoms with Gasteiger partial charge in [-0.05, 0) is 18.1 Å². The zero-order valence-electron chi connectivity index (χ0n) is 16.0. The maximum Gasteiger partial charge on any atom is 0.306 e. The van der Waals surface area contributed by atoms with Crippen LogP contribution in [-0.2, 0) is 9.53 Å². The number of carbonyl (C=O) groups is 2. The minimum absolute atomic E-state index is 0.00458. The van der Waals surface area contributed by atoms with Gasteiger partial charge >= 0.3 is 5.97 Å². The molecule has 0 heterocycles. The van der Waals surface area contributed by atoms with E-state index in [0.717, 1.165) is 11.1 Å². The predicted octanol–water partition coefficient (Wildman–Crippen LogP) is 5.39. The summed E-state index contributed by atoms with van der Waals surface area (Å²) in [5.74, 6) is -1.08. The molecule has 0 spiro atoms. The van der Waals surface area contributed by atoms with Crippen LogP contribution in [0.1, 0.15) is 46.7 Å². The third-order valence-electron chi connectivity index (χ3n) is 4.82. The average Bonchev–Trinajstić information content (AvgIpc) is 2.75. The number of rotatable bonds is 8. The molecular weight excluding hydrogens is 348 g/mol. The lowest BCUT2D eigenvalue weighted by molar-refractivity contribution is -0.143. The molecule has 3 rings (SSSR count). The van der Waals surface area contributed by atoms with Gasteiger partial charge in [0, 0.05) is 11.5 Å². The Balaban J connectivity index is 2.08. The number of benzene rings is 3. The molecule has 0 N–H and O–H groups in total. The van der Waals surface area contributed by atoms with Gasteiger partial charge in [-0.25, -0.2) is 0 Å². The second kappa shape index (κ2) is 9.65. The lowest BCUT2D eigenvalue weighted by atomic mass is 9.75. The minimum Gasteiger partial charge on any atom is -0.466 e. The van der Waals surface area contributed by atoms with Crippen LogP contribution in [-0.4, -0.2) is 18.4 Å². The molecule has 28 heavy (non-hydrogen) atoms. The van der Waals surface area contributed by atoms with Crippen molar-refractivity contribution in [2.24, 2.45) is 0 Å². The Hall–Kier alpha value is -3.20. The predicted molar refractivity (Wildman–Crippen MR) is 110 cm³/mol. The van der Waals surface area contributed by atoms with E-state index in [-0.39, 0.29) is 24.1 Å². The third kappa shape index (κ3) is 4.74. The average molecular weight is 372 g/mol. The van der Waals surface area contributed by atoms with Crippen molar-refractivity contribution in [2.45, 2.75) is 25.2 Å². The van der Waals surface area contributed by atoms with Gasteiger partial charge in [-0.2, -0.15) is 0 Å². The third-order valence-corrected chi connectivity index (χ3v) is 4.82. The molecule has 0 saturated carbocycles. The van der Waals surface area contributed by atoms with E-state index in [1.807, 2.05) is 91.0 Å². The number of ketones is 1. The fourth-order valence-corrected chi connectivity index (χ4v) is 3.54. The first-order valence-corrected chi connectivity index (χ1v) is 9.55. The summed E-state index contributed by atoms with van der Waals surface area (Å²) >= 11 is 0. The molecule has 2 atom stereocenters. The Bertz CT molecular complexity index is 889. The molecule has 0 aliphatic carbocycles. The number of esters is 1. The molecule has 0 fully saturated rings. The lowest BCUT2D eigenvalue weighted by Gasteiger charge is -2.27. The number of hydrogen-bond acceptors (Lipinski definition) is 3. The Morgan fingerprint density at radius 1 is 0.750 bits per heavy atom. The summed E-state index contributed by atoms with van der Waals surface area (Å²) in [4.78, 5) is 25.9. The molecule has 0 radical (unpaired) electrons. The molecule has 0 aliphatic rings. The normalized spacial score (nSPS) is 12.8. The van der Waals surface area contributed by atoms with Crippen LogP contribution in [0.25, 0.3) is 0 Å². The standard InChI is InChI=1S/C25H24O3/c1-2-28-23(26)18-22(19-12-6-3-7-13-19)24(20-14-8-4-9-15-20)25(27)21-16-10-5-11-17-21/h3-17,22,24H,2,18H2,1H3. The van der Waals surface area contributed by atoms with Crippen LogP contribution in [0.2, 0.25) is 0 Å². The molecule has 0 saturated heterocycles. The van der Waals surface area contributed by atoms with Gasteiger partial charge in [0.2, 0.25) is 0 Å². The van der Waals surface area contributed by atoms with Crippen molar-refractivity contribution in [1.82, 2.24) is 0 Å². The molecule has 0 amide bonds. The molecular formula is C25H24O3. The Labute approximate surface area is 166 Å². The van der Waals surface area contributed by atoms with Crippen molar-refractivity contribution >= 4 is 11.8 Å². The molecule has 3 heteroatoms. The Morgan fingerprint density at radius 2 is 1.25 bits per heavy atom. The van der Waals surface area contributed by atoms with Crippen LogP contribution in [0.5, 0.6) is 0 Å². The first-order chi connectivity index (χ1) is 13.7. The second-order valence-electron chi connectivity index (χ2n) is 6.64. The highest BCUT2D eigenvalue weighted by Gasteiger charge is 2.33. The number of hydrogen-bond donors (Lipinski definition) is 0. The van der Waals surface area contributed by atoms with Crippen molar-refractivity contribution in [3.63, 3.8) is 0 Å². The molecule has 3 aromatic carbocycles. The summed E-state index contributed by atoms with van der Waals surface area (Å²) in [5.41, 5.74) is 2.49. The van der Waals surface area contributed by atoms with Crippen molar-refractivity contribution in [3.8, 4) is 0 Å². The van der Waals surface area contributed by atoms with Crippen LogP contribution >= 0.6 is 0 Å². The number of Topliss-reactive ketones (excluding diaryl/α,β-unsaturated/α-hetero) is 1. The number of carbonyl (C=O) groups excluding carboxylic acids is 2. The van der Waals surface area contributed by atoms with E-state index in [2.05, 4.69) is 0 Å². The van der Waals surface area contributed by atoms with Gasteiger partial charge in [0.25, 0.3) is 0 Å². The monoisotopic (exact) mass is 372 g/mol. The van der Waals surface area contributed by atoms with Crippen molar-refractivity contribution in [2.75, 3.05) is 6.61 Å². The highest BCUT2D eigenvalue weighted by atomic mass is 16.5. The summed E-state index contributed by atoms with van der Waals surface area (Å²) in [7, 11) is 0. The van der Waals surface area contributed by atoms with Crippen LogP contribution in [0.15, 0.2) is 91.0 Å². The van der Waals surface area contributed by atoms with Gasteiger partial charge in [-0.15, -0.1) is 0 Å². The SMILES string of the molecule is CCOC(=O)CC(c1ccccc1)C(C(=O)c1ccccc1)c1ccccc1. The molecule has 3 nitrogen and oxygen atoms in total. The maximum atomic E-state index is 13.5. The topological polar surface area (TPSA) is 43.4 Å². The Kier molecular flexibility index (Phi) is 6.74. The van der Waals surface area contributed by atoms with Gasteiger partial charge in [-0.3, -0.25) is 9.59 Å².